The molecule has 1 aromatic heterocycles. The van der Waals surface area contributed by atoms with Crippen molar-refractivity contribution in [3.8, 4) is 0 Å². The highest BCUT2D eigenvalue weighted by Gasteiger charge is 2.32. The van der Waals surface area contributed by atoms with E-state index < -0.39 is 0 Å². The lowest BCUT2D eigenvalue weighted by atomic mass is 10.0. The molecule has 1 aliphatic heterocycles. The van der Waals surface area contributed by atoms with Gasteiger partial charge in [-0.15, -0.1) is 0 Å². The Morgan fingerprint density at radius 3 is 2.80 bits per heavy atom. The second kappa shape index (κ2) is 5.73. The highest BCUT2D eigenvalue weighted by atomic mass is 16.5. The highest BCUT2D eigenvalue weighted by Crippen LogP contribution is 2.24. The number of aryl methyl sites for hydroxylation is 1. The zero-order valence-electron chi connectivity index (χ0n) is 11.8. The maximum absolute atomic E-state index is 5.47. The van der Waals surface area contributed by atoms with E-state index in [2.05, 4.69) is 46.6 Å². The molecule has 0 amide bonds. The lowest BCUT2D eigenvalue weighted by Crippen LogP contribution is -2.31. The Morgan fingerprint density at radius 1 is 1.25 bits per heavy atom. The fourth-order valence-electron chi connectivity index (χ4n) is 2.46. The quantitative estimate of drug-likeness (QED) is 0.918. The summed E-state index contributed by atoms with van der Waals surface area (Å²) in [5.41, 5.74) is 2.44. The third kappa shape index (κ3) is 2.73. The molecule has 1 N–H and O–H groups in total. The van der Waals surface area contributed by atoms with Crippen LogP contribution in [0.25, 0.3) is 0 Å². The van der Waals surface area contributed by atoms with Crippen LogP contribution in [-0.2, 0) is 11.2 Å². The van der Waals surface area contributed by atoms with Gasteiger partial charge in [0.05, 0.1) is 19.1 Å². The van der Waals surface area contributed by atoms with E-state index in [1.54, 1.807) is 0 Å². The Balaban J connectivity index is 1.72. The van der Waals surface area contributed by atoms with E-state index in [9.17, 15) is 0 Å². The van der Waals surface area contributed by atoms with Crippen LogP contribution in [0, 0.1) is 6.92 Å². The normalized spacial score (nSPS) is 22.3. The van der Waals surface area contributed by atoms with Crippen LogP contribution in [0.5, 0.6) is 0 Å². The first kappa shape index (κ1) is 13.3. The minimum absolute atomic E-state index is 0.152. The van der Waals surface area contributed by atoms with E-state index in [4.69, 9.17) is 9.26 Å². The summed E-state index contributed by atoms with van der Waals surface area (Å²) in [6, 6.07) is 8.64. The van der Waals surface area contributed by atoms with Gasteiger partial charge in [-0.25, -0.2) is 0 Å². The number of hydrogen-bond acceptors (Lipinski definition) is 5. The fourth-order valence-corrected chi connectivity index (χ4v) is 2.46. The van der Waals surface area contributed by atoms with Gasteiger partial charge in [-0.1, -0.05) is 35.0 Å². The maximum atomic E-state index is 5.47. The number of aromatic nitrogens is 2. The van der Waals surface area contributed by atoms with Crippen molar-refractivity contribution in [2.45, 2.75) is 25.3 Å². The van der Waals surface area contributed by atoms with Gasteiger partial charge < -0.3 is 14.6 Å². The lowest BCUT2D eigenvalue weighted by molar-refractivity contribution is 0.185. The van der Waals surface area contributed by atoms with Gasteiger partial charge in [0.25, 0.3) is 0 Å². The number of hydrogen-bond donors (Lipinski definition) is 1. The first-order chi connectivity index (χ1) is 9.76. The number of nitrogens with one attached hydrogen (secondary N) is 1. The van der Waals surface area contributed by atoms with Crippen molar-refractivity contribution in [3.63, 3.8) is 0 Å². The van der Waals surface area contributed by atoms with Crippen LogP contribution in [0.3, 0.4) is 0 Å². The minimum atomic E-state index is 0.152. The Kier molecular flexibility index (Phi) is 3.80. The van der Waals surface area contributed by atoms with Gasteiger partial charge in [0, 0.05) is 12.5 Å². The summed E-state index contributed by atoms with van der Waals surface area (Å²) in [5.74, 6) is 1.55. The van der Waals surface area contributed by atoms with Gasteiger partial charge in [-0.3, -0.25) is 0 Å². The first-order valence-electron chi connectivity index (χ1n) is 6.89. The molecule has 1 fully saturated rings. The molecule has 5 nitrogen and oxygen atoms in total. The number of benzene rings is 1. The standard InChI is InChI=1S/C15H19N3O2/c1-10-3-5-11(6-4-10)7-14-17-15(20-18-14)12-8-19-9-13(12)16-2/h3-6,12-13,16H,7-9H2,1-2H3. The molecule has 20 heavy (non-hydrogen) atoms. The fraction of sp³-hybridized carbons (Fsp3) is 0.467. The zero-order chi connectivity index (χ0) is 13.9. The molecule has 2 heterocycles. The van der Waals surface area contributed by atoms with Crippen molar-refractivity contribution in [1.29, 1.82) is 0 Å². The summed E-state index contributed by atoms with van der Waals surface area (Å²) in [5, 5.41) is 7.30. The van der Waals surface area contributed by atoms with Crippen LogP contribution in [0.4, 0.5) is 0 Å². The van der Waals surface area contributed by atoms with Crippen LogP contribution in [0.2, 0.25) is 0 Å². The molecule has 2 atom stereocenters. The number of rotatable bonds is 4. The van der Waals surface area contributed by atoms with Crippen molar-refractivity contribution in [3.05, 3.63) is 47.1 Å². The van der Waals surface area contributed by atoms with E-state index in [0.29, 0.717) is 25.5 Å². The predicted molar refractivity (Wildman–Crippen MR) is 74.7 cm³/mol. The summed E-state index contributed by atoms with van der Waals surface area (Å²) in [6.45, 7) is 3.41. The van der Waals surface area contributed by atoms with E-state index in [1.807, 2.05) is 7.05 Å². The second-order valence-corrected chi connectivity index (χ2v) is 5.25. The Labute approximate surface area is 118 Å². The van der Waals surface area contributed by atoms with Gasteiger partial charge in [0.1, 0.15) is 0 Å². The molecule has 2 aromatic rings. The molecule has 1 saturated heterocycles. The van der Waals surface area contributed by atoms with Crippen molar-refractivity contribution in [1.82, 2.24) is 15.5 Å². The molecule has 0 bridgehead atoms. The SMILES string of the molecule is CNC1COCC1c1nc(Cc2ccc(C)cc2)no1. The van der Waals surface area contributed by atoms with Crippen LogP contribution in [-0.4, -0.2) is 36.4 Å². The zero-order valence-corrected chi connectivity index (χ0v) is 11.8. The Hall–Kier alpha value is -1.72. The van der Waals surface area contributed by atoms with Gasteiger partial charge >= 0.3 is 0 Å². The summed E-state index contributed by atoms with van der Waals surface area (Å²) in [4.78, 5) is 4.51. The largest absolute Gasteiger partial charge is 0.379 e. The first-order valence-corrected chi connectivity index (χ1v) is 6.89. The van der Waals surface area contributed by atoms with Gasteiger partial charge in [-0.05, 0) is 19.5 Å². The third-order valence-electron chi connectivity index (χ3n) is 3.74. The minimum Gasteiger partial charge on any atom is -0.379 e. The van der Waals surface area contributed by atoms with Crippen molar-refractivity contribution >= 4 is 0 Å². The predicted octanol–water partition coefficient (Wildman–Crippen LogP) is 1.67. The highest BCUT2D eigenvalue weighted by molar-refractivity contribution is 5.23. The van der Waals surface area contributed by atoms with Gasteiger partial charge in [0.2, 0.25) is 5.89 Å². The molecule has 0 radical (unpaired) electrons. The molecule has 1 aromatic carbocycles. The second-order valence-electron chi connectivity index (χ2n) is 5.25. The molecule has 5 heteroatoms. The summed E-state index contributed by atoms with van der Waals surface area (Å²) in [6.07, 6.45) is 0.696. The summed E-state index contributed by atoms with van der Waals surface area (Å²) < 4.78 is 10.9. The van der Waals surface area contributed by atoms with Crippen LogP contribution < -0.4 is 5.32 Å². The average Bonchev–Trinajstić information content (AvgIpc) is 3.09. The molecular weight excluding hydrogens is 254 g/mol. The molecule has 0 saturated carbocycles. The molecule has 1 aliphatic rings. The van der Waals surface area contributed by atoms with Gasteiger partial charge in [-0.2, -0.15) is 4.98 Å². The number of likely N-dealkylation sites (N-methyl/N-ethyl adjacent to an activating group) is 1. The topological polar surface area (TPSA) is 60.2 Å². The van der Waals surface area contributed by atoms with E-state index in [0.717, 1.165) is 5.82 Å². The van der Waals surface area contributed by atoms with Gasteiger partial charge in [0.15, 0.2) is 5.82 Å². The third-order valence-corrected chi connectivity index (χ3v) is 3.74. The smallest absolute Gasteiger partial charge is 0.233 e. The van der Waals surface area contributed by atoms with E-state index in [-0.39, 0.29) is 12.0 Å². The molecule has 3 rings (SSSR count). The van der Waals surface area contributed by atoms with Crippen molar-refractivity contribution in [2.24, 2.45) is 0 Å². The summed E-state index contributed by atoms with van der Waals surface area (Å²) in [7, 11) is 1.93. The van der Waals surface area contributed by atoms with Crippen molar-refractivity contribution < 1.29 is 9.26 Å². The van der Waals surface area contributed by atoms with Crippen LogP contribution in [0.15, 0.2) is 28.8 Å². The molecule has 0 aliphatic carbocycles. The maximum Gasteiger partial charge on any atom is 0.233 e. The average molecular weight is 273 g/mol. The molecule has 2 unspecified atom stereocenters. The summed E-state index contributed by atoms with van der Waals surface area (Å²) >= 11 is 0. The Morgan fingerprint density at radius 2 is 2.05 bits per heavy atom. The van der Waals surface area contributed by atoms with E-state index >= 15 is 0 Å². The molecular formula is C15H19N3O2. The van der Waals surface area contributed by atoms with Crippen LogP contribution in [0.1, 0.15) is 28.8 Å². The van der Waals surface area contributed by atoms with Crippen LogP contribution >= 0.6 is 0 Å². The Bertz CT molecular complexity index is 565. The number of nitrogens with zero attached hydrogens (tertiary/aromatic N) is 2. The monoisotopic (exact) mass is 273 g/mol. The van der Waals surface area contributed by atoms with E-state index in [1.165, 1.54) is 11.1 Å². The van der Waals surface area contributed by atoms with Crippen molar-refractivity contribution in [2.75, 3.05) is 20.3 Å². The number of ether oxygens (including phenoxy) is 1. The molecule has 0 spiro atoms. The lowest BCUT2D eigenvalue weighted by Gasteiger charge is -2.11. The molecule has 106 valence electrons.